The Labute approximate surface area is 443 Å². The van der Waals surface area contributed by atoms with E-state index < -0.39 is 98.5 Å². The second kappa shape index (κ2) is 37.7. The van der Waals surface area contributed by atoms with Gasteiger partial charge in [-0.25, -0.2) is 14.4 Å². The molecule has 1 aromatic rings. The molecule has 0 bridgehead atoms. The molecule has 0 saturated carbocycles. The lowest BCUT2D eigenvalue weighted by molar-refractivity contribution is -0.192. The van der Waals surface area contributed by atoms with E-state index in [4.69, 9.17) is 40.2 Å². The van der Waals surface area contributed by atoms with Crippen LogP contribution in [0.25, 0.3) is 0 Å². The van der Waals surface area contributed by atoms with Crippen molar-refractivity contribution in [2.45, 2.75) is 152 Å². The maximum atomic E-state index is 12.4. The summed E-state index contributed by atoms with van der Waals surface area (Å²) in [6, 6.07) is 3.92. The number of carbonyl (C=O) groups is 9. The highest BCUT2D eigenvalue weighted by Gasteiger charge is 2.34. The summed E-state index contributed by atoms with van der Waals surface area (Å²) >= 11 is 0. The van der Waals surface area contributed by atoms with Crippen LogP contribution in [0.4, 0.5) is 4.79 Å². The molecule has 1 rings (SSSR count). The van der Waals surface area contributed by atoms with Crippen LogP contribution in [0.1, 0.15) is 162 Å². The molecule has 76 heavy (non-hydrogen) atoms. The molecule has 0 aromatic heterocycles. The summed E-state index contributed by atoms with van der Waals surface area (Å²) in [4.78, 5) is 134. The number of carboxylic acid groups (broad SMARTS) is 8. The molecule has 0 aliphatic carbocycles. The largest absolute Gasteiger partial charge is 0.481 e. The molecule has 0 saturated heterocycles. The summed E-state index contributed by atoms with van der Waals surface area (Å²) < 4.78 is 24.3. The first kappa shape index (κ1) is 76.5. The van der Waals surface area contributed by atoms with Crippen molar-refractivity contribution < 1.29 is 113 Å². The molecule has 0 aliphatic rings. The number of benzene rings is 1. The molecule has 0 spiro atoms. The minimum Gasteiger partial charge on any atom is -0.481 e. The Morgan fingerprint density at radius 1 is 0.553 bits per heavy atom. The zero-order valence-corrected chi connectivity index (χ0v) is 46.9. The predicted molar refractivity (Wildman–Crippen MR) is 276 cm³/mol. The smallest absolute Gasteiger partial charge is 0.373 e. The third-order valence-corrected chi connectivity index (χ3v) is 14.2. The molecule has 6 atom stereocenters. The molecule has 12 N–H and O–H groups in total. The molecule has 1 aromatic carbocycles. The van der Waals surface area contributed by atoms with Crippen molar-refractivity contribution in [2.24, 2.45) is 28.1 Å². The Kier molecular flexibility index (Phi) is 38.0. The van der Waals surface area contributed by atoms with E-state index in [-0.39, 0.29) is 90.5 Å². The predicted octanol–water partition coefficient (Wildman–Crippen LogP) is 7.33. The van der Waals surface area contributed by atoms with E-state index in [1.165, 1.54) is 24.3 Å². The highest BCUT2D eigenvalue weighted by atomic mass is 31.2. The van der Waals surface area contributed by atoms with E-state index in [0.717, 1.165) is 12.8 Å². The van der Waals surface area contributed by atoms with Crippen LogP contribution in [-0.4, -0.2) is 148 Å². The van der Waals surface area contributed by atoms with Gasteiger partial charge in [-0.1, -0.05) is 87.4 Å². The zero-order chi connectivity index (χ0) is 60.4. The van der Waals surface area contributed by atoms with Crippen molar-refractivity contribution >= 4 is 74.7 Å². The highest BCUT2D eigenvalue weighted by Crippen LogP contribution is 2.48. The fourth-order valence-electron chi connectivity index (χ4n) is 6.00. The van der Waals surface area contributed by atoms with Crippen LogP contribution in [-0.2, 0) is 52.3 Å². The zero-order valence-electron chi connectivity index (χ0n) is 45.1. The van der Waals surface area contributed by atoms with E-state index in [1.807, 2.05) is 69.2 Å². The van der Waals surface area contributed by atoms with Gasteiger partial charge in [-0.2, -0.15) is 9.59 Å². The number of aliphatic carboxylic acids is 7. The summed E-state index contributed by atoms with van der Waals surface area (Å²) in [5, 5.41) is 75.2. The number of carboxylic acids is 8. The summed E-state index contributed by atoms with van der Waals surface area (Å²) in [5.74, 6) is -12.0. The number of amides is 2. The minimum absolute atomic E-state index is 0.00944. The average Bonchev–Trinajstić information content (AvgIpc) is 3.26. The Morgan fingerprint density at radius 2 is 0.947 bits per heavy atom. The van der Waals surface area contributed by atoms with Crippen molar-refractivity contribution in [2.75, 3.05) is 31.2 Å². The van der Waals surface area contributed by atoms with Gasteiger partial charge >= 0.3 is 59.9 Å². The van der Waals surface area contributed by atoms with Gasteiger partial charge in [0, 0.05) is 50.5 Å². The van der Waals surface area contributed by atoms with Crippen molar-refractivity contribution in [3.8, 4) is 0 Å². The Morgan fingerprint density at radius 3 is 1.30 bits per heavy atom. The first-order chi connectivity index (χ1) is 34.5. The maximum Gasteiger partial charge on any atom is 0.373 e. The maximum absolute atomic E-state index is 12.4. The minimum atomic E-state index is -3.69. The van der Waals surface area contributed by atoms with Crippen molar-refractivity contribution in [3.63, 3.8) is 0 Å². The molecule has 0 radical (unpaired) electrons. The van der Waals surface area contributed by atoms with Gasteiger partial charge in [-0.05, 0) is 79.2 Å². The van der Waals surface area contributed by atoms with Gasteiger partial charge in [0.2, 0.25) is 14.7 Å². The summed E-state index contributed by atoms with van der Waals surface area (Å²) in [6.07, 6.45) is 1.87. The number of hydrogen-bond acceptors (Lipinski definition) is 13. The van der Waals surface area contributed by atoms with Gasteiger partial charge in [0.15, 0.2) is 0 Å². The molecular formula is C49H82N2O23P2. The Hall–Kier alpha value is -5.99. The first-order valence-electron chi connectivity index (χ1n) is 24.0. The average molecular weight is 1130 g/mol. The van der Waals surface area contributed by atoms with Gasteiger partial charge < -0.3 is 61.3 Å². The van der Waals surface area contributed by atoms with Gasteiger partial charge in [0.1, 0.15) is 6.04 Å². The molecule has 25 nitrogen and oxygen atoms in total. The first-order valence-corrected chi connectivity index (χ1v) is 28.1. The fraction of sp³-hybridized carbons (Fsp3) is 0.673. The fourth-order valence-corrected chi connectivity index (χ4v) is 10.4. The SMILES string of the molecule is CC(C)(C)CCC(CCC(=O)O)C(=O)O.CC(C)(C)CCP(=O)(O)CC(C(=O)O)c1ccccc1C(=O)O.CC(C)(C)CCP(=O)(O)CC(CCC(=O)O)C(=O)O.CCCNC(=O)N[C@@H](CCC(=O)O)C(=O)O.O=C=O. The summed E-state index contributed by atoms with van der Waals surface area (Å²) in [7, 11) is -7.22. The van der Waals surface area contributed by atoms with E-state index in [9.17, 15) is 72.3 Å². The second-order valence-electron chi connectivity index (χ2n) is 21.3. The molecule has 0 fully saturated rings. The van der Waals surface area contributed by atoms with Crippen LogP contribution >= 0.6 is 14.7 Å². The van der Waals surface area contributed by atoms with E-state index in [0.29, 0.717) is 25.8 Å². The van der Waals surface area contributed by atoms with E-state index in [1.54, 1.807) is 0 Å². The van der Waals surface area contributed by atoms with Crippen LogP contribution in [0.5, 0.6) is 0 Å². The number of nitrogens with one attached hydrogen (secondary N) is 2. The molecule has 0 aliphatic heterocycles. The summed E-state index contributed by atoms with van der Waals surface area (Å²) in [6.45, 7) is 20.0. The molecule has 2 amide bonds. The number of carbonyl (C=O) groups excluding carboxylic acids is 3. The number of hydrogen-bond donors (Lipinski definition) is 12. The van der Waals surface area contributed by atoms with E-state index in [2.05, 4.69) is 10.6 Å². The lowest BCUT2D eigenvalue weighted by Crippen LogP contribution is -2.46. The molecule has 27 heteroatoms. The number of rotatable bonds is 28. The van der Waals surface area contributed by atoms with Crippen molar-refractivity contribution in [1.82, 2.24) is 10.6 Å². The summed E-state index contributed by atoms with van der Waals surface area (Å²) in [5.41, 5.74) is -0.251. The van der Waals surface area contributed by atoms with Crippen molar-refractivity contribution in [1.29, 1.82) is 0 Å². The van der Waals surface area contributed by atoms with Crippen LogP contribution in [0.3, 0.4) is 0 Å². The van der Waals surface area contributed by atoms with Crippen LogP contribution < -0.4 is 10.6 Å². The number of aromatic carboxylic acids is 1. The van der Waals surface area contributed by atoms with Gasteiger partial charge in [-0.15, -0.1) is 0 Å². The van der Waals surface area contributed by atoms with Crippen LogP contribution in [0, 0.1) is 28.1 Å². The highest BCUT2D eigenvalue weighted by molar-refractivity contribution is 7.58. The molecular weight excluding hydrogens is 1050 g/mol. The monoisotopic (exact) mass is 1130 g/mol. The normalized spacial score (nSPS) is 14.1. The van der Waals surface area contributed by atoms with Gasteiger partial charge in [0.05, 0.1) is 23.3 Å². The van der Waals surface area contributed by atoms with Crippen LogP contribution in [0.15, 0.2) is 24.3 Å². The molecule has 0 heterocycles. The molecule has 436 valence electrons. The van der Waals surface area contributed by atoms with Crippen molar-refractivity contribution in [3.05, 3.63) is 35.4 Å². The third kappa shape index (κ3) is 45.4. The second-order valence-corrected chi connectivity index (χ2v) is 26.3. The quantitative estimate of drug-likeness (QED) is 0.0365. The Balaban J connectivity index is -0.000000452. The molecule has 5 unspecified atom stereocenters. The van der Waals surface area contributed by atoms with Crippen LogP contribution in [0.2, 0.25) is 0 Å². The topological polar surface area (TPSA) is 448 Å². The lowest BCUT2D eigenvalue weighted by atomic mass is 9.85. The lowest BCUT2D eigenvalue weighted by Gasteiger charge is -2.23. The standard InChI is InChI=1S/C16H23O6P.C12H23O6P.C11H20O4.C9H16N2O5.CO2/c1-16(2,3)8-9-23(21,22)10-13(15(19)20)11-6-4-5-7-12(11)14(17)18;1-12(2,3)6-7-19(17,18)8-9(11(15)16)4-5-10(13)14;1-11(2,3)7-6-8(10(14)15)4-5-9(12)13;1-2-5-10-9(16)11-6(8(14)15)3-4-7(12)13;2-1-3/h4-7,13H,8-10H2,1-3H3,(H,17,18)(H,19,20)(H,21,22);9H,4-8H2,1-3H3,(H,13,14)(H,15,16)(H,17,18);8H,4-7H2,1-3H3,(H,12,13)(H,14,15);6H,2-5H2,1H3,(H,12,13)(H,14,15)(H2,10,11,16);/t;;;6-;/m...0./s1. The third-order valence-electron chi connectivity index (χ3n) is 10.4. The van der Waals surface area contributed by atoms with Gasteiger partial charge in [-0.3, -0.25) is 37.9 Å². The Bertz CT molecular complexity index is 2150. The van der Waals surface area contributed by atoms with E-state index >= 15 is 0 Å². The van der Waals surface area contributed by atoms with Gasteiger partial charge in [0.25, 0.3) is 0 Å². The number of urea groups is 1.